The van der Waals surface area contributed by atoms with Crippen molar-refractivity contribution in [3.05, 3.63) is 51.4 Å². The largest absolute Gasteiger partial charge is 0.501 e. The summed E-state index contributed by atoms with van der Waals surface area (Å²) in [4.78, 5) is 28.6. The van der Waals surface area contributed by atoms with Crippen molar-refractivity contribution in [1.82, 2.24) is 14.9 Å². The summed E-state index contributed by atoms with van der Waals surface area (Å²) in [6.45, 7) is -0.224. The molecule has 2 aromatic rings. The maximum Gasteiger partial charge on any atom is 0.297 e. The van der Waals surface area contributed by atoms with Crippen molar-refractivity contribution in [3.8, 4) is 5.75 Å². The molecule has 1 aliphatic heterocycles. The zero-order valence-electron chi connectivity index (χ0n) is 15.4. The molecule has 1 aliphatic rings. The van der Waals surface area contributed by atoms with Crippen molar-refractivity contribution in [2.24, 2.45) is 7.05 Å². The van der Waals surface area contributed by atoms with Gasteiger partial charge in [0.25, 0.3) is 11.5 Å². The average molecular weight is 428 g/mol. The lowest BCUT2D eigenvalue weighted by molar-refractivity contribution is 0.0942. The fraction of sp³-hybridized carbons (Fsp3) is 0.353. The van der Waals surface area contributed by atoms with E-state index in [2.05, 4.69) is 10.3 Å². The molecule has 156 valence electrons. The summed E-state index contributed by atoms with van der Waals surface area (Å²) in [5, 5.41) is 12.3. The molecular formula is C17H18F2N4O5S. The van der Waals surface area contributed by atoms with Gasteiger partial charge in [-0.25, -0.2) is 26.5 Å². The van der Waals surface area contributed by atoms with Crippen molar-refractivity contribution >= 4 is 21.9 Å². The Balaban J connectivity index is 1.93. The standard InChI is InChI=1S/C17H18F2N4O5S/c1-22-16(26)14(24)13(21-17(22)23-4-2-3-5-29(23,27)28)15(25)20-9-10-6-11(18)8-12(19)7-10/h6-8,24H,2-5,9H2,1H3,(H,20,25). The van der Waals surface area contributed by atoms with E-state index in [9.17, 15) is 31.9 Å². The van der Waals surface area contributed by atoms with E-state index < -0.39 is 44.6 Å². The van der Waals surface area contributed by atoms with Crippen molar-refractivity contribution in [3.63, 3.8) is 0 Å². The minimum atomic E-state index is -3.72. The van der Waals surface area contributed by atoms with E-state index in [1.807, 2.05) is 0 Å². The summed E-state index contributed by atoms with van der Waals surface area (Å²) < 4.78 is 52.9. The first-order valence-electron chi connectivity index (χ1n) is 8.64. The van der Waals surface area contributed by atoms with Crippen LogP contribution >= 0.6 is 0 Å². The van der Waals surface area contributed by atoms with E-state index in [0.29, 0.717) is 18.9 Å². The highest BCUT2D eigenvalue weighted by atomic mass is 32.2. The highest BCUT2D eigenvalue weighted by Crippen LogP contribution is 2.22. The summed E-state index contributed by atoms with van der Waals surface area (Å²) in [6.07, 6.45) is 1.01. The molecule has 9 nitrogen and oxygen atoms in total. The molecule has 0 unspecified atom stereocenters. The summed E-state index contributed by atoms with van der Waals surface area (Å²) in [5.74, 6) is -4.05. The zero-order chi connectivity index (χ0) is 21.3. The van der Waals surface area contributed by atoms with Gasteiger partial charge >= 0.3 is 0 Å². The molecule has 12 heteroatoms. The van der Waals surface area contributed by atoms with Gasteiger partial charge in [0.05, 0.1) is 5.75 Å². The summed E-state index contributed by atoms with van der Waals surface area (Å²) in [7, 11) is -2.49. The van der Waals surface area contributed by atoms with Gasteiger partial charge in [0, 0.05) is 26.2 Å². The molecule has 0 spiro atoms. The predicted molar refractivity (Wildman–Crippen MR) is 99.0 cm³/mol. The third-order valence-electron chi connectivity index (χ3n) is 4.41. The molecule has 1 amide bonds. The number of aromatic nitrogens is 2. The zero-order valence-corrected chi connectivity index (χ0v) is 16.2. The van der Waals surface area contributed by atoms with E-state index in [-0.39, 0.29) is 30.4 Å². The van der Waals surface area contributed by atoms with E-state index in [4.69, 9.17) is 0 Å². The number of aromatic hydroxyl groups is 1. The topological polar surface area (TPSA) is 122 Å². The number of sulfonamides is 1. The predicted octanol–water partition coefficient (Wildman–Crippen LogP) is 0.624. The van der Waals surface area contributed by atoms with Crippen LogP contribution < -0.4 is 15.2 Å². The number of halogens is 2. The number of rotatable bonds is 4. The Hall–Kier alpha value is -3.02. The van der Waals surface area contributed by atoms with Crippen molar-refractivity contribution in [2.75, 3.05) is 16.6 Å². The van der Waals surface area contributed by atoms with E-state index in [0.717, 1.165) is 21.0 Å². The Bertz CT molecular complexity index is 1110. The van der Waals surface area contributed by atoms with Crippen LogP contribution in [0.4, 0.5) is 14.7 Å². The number of carbonyl (C=O) groups is 1. The number of hydrogen-bond donors (Lipinski definition) is 2. The number of anilines is 1. The van der Waals surface area contributed by atoms with Gasteiger partial charge in [0.15, 0.2) is 5.69 Å². The molecule has 0 atom stereocenters. The minimum absolute atomic E-state index is 0.0804. The van der Waals surface area contributed by atoms with Crippen LogP contribution in [0, 0.1) is 11.6 Å². The molecule has 3 rings (SSSR count). The summed E-state index contributed by atoms with van der Waals surface area (Å²) in [6, 6.07) is 2.68. The second-order valence-corrected chi connectivity index (χ2v) is 8.54. The number of carbonyl (C=O) groups excluding carboxylic acids is 1. The molecule has 0 aliphatic carbocycles. The third kappa shape index (κ3) is 4.21. The minimum Gasteiger partial charge on any atom is -0.501 e. The van der Waals surface area contributed by atoms with Crippen LogP contribution in [0.2, 0.25) is 0 Å². The van der Waals surface area contributed by atoms with Gasteiger partial charge in [-0.15, -0.1) is 0 Å². The SMILES string of the molecule is Cn1c(N2CCCCS2(=O)=O)nc(C(=O)NCc2cc(F)cc(F)c2)c(O)c1=O. The molecule has 1 aromatic carbocycles. The van der Waals surface area contributed by atoms with Gasteiger partial charge in [-0.1, -0.05) is 0 Å². The lowest BCUT2D eigenvalue weighted by Gasteiger charge is -2.28. The fourth-order valence-electron chi connectivity index (χ4n) is 2.95. The molecule has 2 N–H and O–H groups in total. The Kier molecular flexibility index (Phi) is 5.55. The Labute approximate surface area is 164 Å². The Morgan fingerprint density at radius 3 is 2.52 bits per heavy atom. The Morgan fingerprint density at radius 1 is 1.24 bits per heavy atom. The first-order chi connectivity index (χ1) is 13.6. The first-order valence-corrected chi connectivity index (χ1v) is 10.2. The van der Waals surface area contributed by atoms with Crippen LogP contribution in [0.5, 0.6) is 5.75 Å². The van der Waals surface area contributed by atoms with Crippen LogP contribution in [-0.2, 0) is 23.6 Å². The normalized spacial score (nSPS) is 15.9. The molecule has 29 heavy (non-hydrogen) atoms. The van der Waals surface area contributed by atoms with Gasteiger partial charge in [-0.3, -0.25) is 14.2 Å². The molecule has 0 bridgehead atoms. The quantitative estimate of drug-likeness (QED) is 0.737. The molecule has 0 saturated carbocycles. The Morgan fingerprint density at radius 2 is 1.90 bits per heavy atom. The van der Waals surface area contributed by atoms with Gasteiger partial charge in [0.1, 0.15) is 11.6 Å². The van der Waals surface area contributed by atoms with Crippen LogP contribution in [0.3, 0.4) is 0 Å². The second kappa shape index (κ2) is 7.78. The smallest absolute Gasteiger partial charge is 0.297 e. The van der Waals surface area contributed by atoms with Crippen LogP contribution in [-0.4, -0.2) is 41.3 Å². The number of nitrogens with zero attached hydrogens (tertiary/aromatic N) is 3. The van der Waals surface area contributed by atoms with Crippen LogP contribution in [0.1, 0.15) is 28.9 Å². The van der Waals surface area contributed by atoms with Crippen molar-refractivity contribution < 1.29 is 27.1 Å². The second-order valence-electron chi connectivity index (χ2n) is 6.53. The maximum atomic E-state index is 13.3. The molecular weight excluding hydrogens is 410 g/mol. The summed E-state index contributed by atoms with van der Waals surface area (Å²) in [5.41, 5.74) is -1.57. The summed E-state index contributed by atoms with van der Waals surface area (Å²) >= 11 is 0. The van der Waals surface area contributed by atoms with Gasteiger partial charge in [-0.2, -0.15) is 0 Å². The lowest BCUT2D eigenvalue weighted by atomic mass is 10.2. The highest BCUT2D eigenvalue weighted by molar-refractivity contribution is 7.92. The van der Waals surface area contributed by atoms with E-state index in [1.165, 1.54) is 7.05 Å². The van der Waals surface area contributed by atoms with E-state index in [1.54, 1.807) is 0 Å². The van der Waals surface area contributed by atoms with Gasteiger partial charge in [0.2, 0.25) is 21.7 Å². The monoisotopic (exact) mass is 428 g/mol. The number of nitrogens with one attached hydrogen (secondary N) is 1. The first kappa shape index (κ1) is 20.7. The van der Waals surface area contributed by atoms with Crippen molar-refractivity contribution in [2.45, 2.75) is 19.4 Å². The number of hydrogen-bond acceptors (Lipinski definition) is 6. The number of benzene rings is 1. The molecule has 1 saturated heterocycles. The third-order valence-corrected chi connectivity index (χ3v) is 6.23. The van der Waals surface area contributed by atoms with Gasteiger partial charge < -0.3 is 10.4 Å². The average Bonchev–Trinajstić information content (AvgIpc) is 2.64. The van der Waals surface area contributed by atoms with E-state index >= 15 is 0 Å². The van der Waals surface area contributed by atoms with Crippen LogP contribution in [0.15, 0.2) is 23.0 Å². The molecule has 1 fully saturated rings. The molecule has 0 radical (unpaired) electrons. The fourth-order valence-corrected chi connectivity index (χ4v) is 4.56. The number of amides is 1. The molecule has 2 heterocycles. The van der Waals surface area contributed by atoms with Gasteiger partial charge in [-0.05, 0) is 30.5 Å². The highest BCUT2D eigenvalue weighted by Gasteiger charge is 2.31. The molecule has 1 aromatic heterocycles. The maximum absolute atomic E-state index is 13.3. The lowest BCUT2D eigenvalue weighted by Crippen LogP contribution is -2.42. The van der Waals surface area contributed by atoms with Crippen molar-refractivity contribution in [1.29, 1.82) is 0 Å². The van der Waals surface area contributed by atoms with Crippen LogP contribution in [0.25, 0.3) is 0 Å².